The molecule has 1 aliphatic rings. The normalized spacial score (nSPS) is 18.3. The summed E-state index contributed by atoms with van der Waals surface area (Å²) >= 11 is 1.23. The molecule has 0 aliphatic carbocycles. The maximum Gasteiger partial charge on any atom is 0.222 e. The Kier molecular flexibility index (Phi) is 5.33. The summed E-state index contributed by atoms with van der Waals surface area (Å²) in [5, 5.41) is 0.0520. The molecule has 0 N–H and O–H groups in total. The number of carbonyl (C=O) groups is 2. The Morgan fingerprint density at radius 1 is 1.33 bits per heavy atom. The first kappa shape index (κ1) is 15.9. The molecule has 1 aromatic rings. The van der Waals surface area contributed by atoms with Crippen molar-refractivity contribution in [1.82, 2.24) is 4.90 Å². The molecule has 1 atom stereocenters. The van der Waals surface area contributed by atoms with Crippen molar-refractivity contribution < 1.29 is 18.4 Å². The van der Waals surface area contributed by atoms with Gasteiger partial charge < -0.3 is 4.90 Å². The van der Waals surface area contributed by atoms with Crippen LogP contribution in [0.4, 0.5) is 8.78 Å². The van der Waals surface area contributed by atoms with Crippen molar-refractivity contribution >= 4 is 22.8 Å². The highest BCUT2D eigenvalue weighted by Gasteiger charge is 2.29. The van der Waals surface area contributed by atoms with Gasteiger partial charge in [0.25, 0.3) is 0 Å². The third kappa shape index (κ3) is 4.81. The molecule has 0 saturated carbocycles. The molecule has 3 nitrogen and oxygen atoms in total. The second-order valence-corrected chi connectivity index (χ2v) is 6.44. The Balaban J connectivity index is 1.85. The van der Waals surface area contributed by atoms with E-state index in [-0.39, 0.29) is 16.9 Å². The molecule has 1 heterocycles. The Hall–Kier alpha value is -1.43. The van der Waals surface area contributed by atoms with E-state index < -0.39 is 11.6 Å². The molecule has 0 radical (unpaired) electrons. The summed E-state index contributed by atoms with van der Waals surface area (Å²) in [4.78, 5) is 24.5. The second-order valence-electron chi connectivity index (χ2n) is 5.24. The van der Waals surface area contributed by atoms with Gasteiger partial charge in [-0.05, 0) is 30.0 Å². The molecule has 0 bridgehead atoms. The van der Waals surface area contributed by atoms with Gasteiger partial charge in [0.1, 0.15) is 11.6 Å². The van der Waals surface area contributed by atoms with Gasteiger partial charge in [0.15, 0.2) is 5.12 Å². The Morgan fingerprint density at radius 2 is 2.00 bits per heavy atom. The highest BCUT2D eigenvalue weighted by molar-refractivity contribution is 8.13. The zero-order valence-electron chi connectivity index (χ0n) is 11.8. The number of thioether (sulfide) groups is 1. The summed E-state index contributed by atoms with van der Waals surface area (Å²) in [6, 6.07) is 3.40. The van der Waals surface area contributed by atoms with Crippen LogP contribution in [0.3, 0.4) is 0 Å². The zero-order valence-corrected chi connectivity index (χ0v) is 12.6. The molecule has 1 aliphatic heterocycles. The van der Waals surface area contributed by atoms with Gasteiger partial charge in [-0.1, -0.05) is 11.8 Å². The average Bonchev–Trinajstić information content (AvgIpc) is 2.73. The standard InChI is InChI=1S/C15H17F2NO2S/c1-10(19)21-9-12-6-15(20)18(8-12)3-2-11-4-13(16)7-14(17)5-11/h4-5,7,12H,2-3,6,8-9H2,1H3. The van der Waals surface area contributed by atoms with Crippen LogP contribution in [0.25, 0.3) is 0 Å². The van der Waals surface area contributed by atoms with Crippen LogP contribution in [0, 0.1) is 17.6 Å². The van der Waals surface area contributed by atoms with Gasteiger partial charge in [0, 0.05) is 38.3 Å². The number of benzene rings is 1. The third-order valence-corrected chi connectivity index (χ3v) is 4.45. The Bertz CT molecular complexity index is 530. The highest BCUT2D eigenvalue weighted by atomic mass is 32.2. The van der Waals surface area contributed by atoms with E-state index in [0.29, 0.717) is 37.2 Å². The predicted octanol–water partition coefficient (Wildman–Crippen LogP) is 2.64. The lowest BCUT2D eigenvalue weighted by Gasteiger charge is -2.16. The maximum atomic E-state index is 13.1. The van der Waals surface area contributed by atoms with Gasteiger partial charge in [0.05, 0.1) is 0 Å². The number of carbonyl (C=O) groups excluding carboxylic acids is 2. The van der Waals surface area contributed by atoms with Crippen LogP contribution in [0.5, 0.6) is 0 Å². The van der Waals surface area contributed by atoms with Crippen LogP contribution in [0.15, 0.2) is 18.2 Å². The lowest BCUT2D eigenvalue weighted by atomic mass is 10.1. The SMILES string of the molecule is CC(=O)SCC1CC(=O)N(CCc2cc(F)cc(F)c2)C1. The number of amides is 1. The fourth-order valence-corrected chi connectivity index (χ4v) is 3.13. The Labute approximate surface area is 126 Å². The number of hydrogen-bond donors (Lipinski definition) is 0. The topological polar surface area (TPSA) is 37.4 Å². The smallest absolute Gasteiger partial charge is 0.222 e. The van der Waals surface area contributed by atoms with E-state index in [1.807, 2.05) is 0 Å². The molecule has 1 saturated heterocycles. The summed E-state index contributed by atoms with van der Waals surface area (Å²) in [5.41, 5.74) is 0.543. The summed E-state index contributed by atoms with van der Waals surface area (Å²) in [5.74, 6) is -0.342. The van der Waals surface area contributed by atoms with E-state index >= 15 is 0 Å². The van der Waals surface area contributed by atoms with E-state index in [1.54, 1.807) is 4.90 Å². The second kappa shape index (κ2) is 7.02. The van der Waals surface area contributed by atoms with Crippen molar-refractivity contribution in [2.45, 2.75) is 19.8 Å². The van der Waals surface area contributed by atoms with Crippen LogP contribution in [0.2, 0.25) is 0 Å². The van der Waals surface area contributed by atoms with Crippen LogP contribution in [0.1, 0.15) is 18.9 Å². The molecule has 0 aromatic heterocycles. The molecule has 2 rings (SSSR count). The lowest BCUT2D eigenvalue weighted by Crippen LogP contribution is -2.27. The number of nitrogens with zero attached hydrogens (tertiary/aromatic N) is 1. The monoisotopic (exact) mass is 313 g/mol. The third-order valence-electron chi connectivity index (χ3n) is 3.41. The summed E-state index contributed by atoms with van der Waals surface area (Å²) < 4.78 is 26.2. The van der Waals surface area contributed by atoms with Crippen molar-refractivity contribution in [3.63, 3.8) is 0 Å². The van der Waals surface area contributed by atoms with Gasteiger partial charge in [-0.15, -0.1) is 0 Å². The predicted molar refractivity (Wildman–Crippen MR) is 77.9 cm³/mol. The molecule has 21 heavy (non-hydrogen) atoms. The average molecular weight is 313 g/mol. The molecule has 1 fully saturated rings. The molecule has 1 amide bonds. The summed E-state index contributed by atoms with van der Waals surface area (Å²) in [6.45, 7) is 2.57. The maximum absolute atomic E-state index is 13.1. The van der Waals surface area contributed by atoms with Gasteiger partial charge in [0.2, 0.25) is 5.91 Å². The van der Waals surface area contributed by atoms with E-state index in [0.717, 1.165) is 6.07 Å². The largest absolute Gasteiger partial charge is 0.342 e. The molecule has 1 aromatic carbocycles. The number of halogens is 2. The van der Waals surface area contributed by atoms with Crippen molar-refractivity contribution in [2.75, 3.05) is 18.8 Å². The molecule has 1 unspecified atom stereocenters. The van der Waals surface area contributed by atoms with Crippen molar-refractivity contribution in [3.8, 4) is 0 Å². The minimum absolute atomic E-state index is 0.0426. The molecule has 6 heteroatoms. The van der Waals surface area contributed by atoms with Gasteiger partial charge in [-0.2, -0.15) is 0 Å². The first-order valence-corrected chi connectivity index (χ1v) is 7.78. The fourth-order valence-electron chi connectivity index (χ4n) is 2.44. The van der Waals surface area contributed by atoms with Crippen LogP contribution in [-0.2, 0) is 16.0 Å². The van der Waals surface area contributed by atoms with E-state index in [1.165, 1.54) is 30.8 Å². The minimum Gasteiger partial charge on any atom is -0.342 e. The van der Waals surface area contributed by atoms with Crippen molar-refractivity contribution in [1.29, 1.82) is 0 Å². The molecule has 114 valence electrons. The minimum atomic E-state index is -0.603. The summed E-state index contributed by atoms with van der Waals surface area (Å²) in [7, 11) is 0. The quantitative estimate of drug-likeness (QED) is 0.838. The van der Waals surface area contributed by atoms with Crippen LogP contribution < -0.4 is 0 Å². The van der Waals surface area contributed by atoms with Gasteiger partial charge in [-0.25, -0.2) is 8.78 Å². The van der Waals surface area contributed by atoms with Crippen molar-refractivity contribution in [2.24, 2.45) is 5.92 Å². The number of hydrogen-bond acceptors (Lipinski definition) is 3. The molecular formula is C15H17F2NO2S. The fraction of sp³-hybridized carbons (Fsp3) is 0.467. The number of rotatable bonds is 5. The Morgan fingerprint density at radius 3 is 2.62 bits per heavy atom. The first-order chi connectivity index (χ1) is 9.94. The summed E-state index contributed by atoms with van der Waals surface area (Å²) in [6.07, 6.45) is 0.866. The van der Waals surface area contributed by atoms with Gasteiger partial charge in [-0.3, -0.25) is 9.59 Å². The van der Waals surface area contributed by atoms with E-state index in [2.05, 4.69) is 0 Å². The zero-order chi connectivity index (χ0) is 15.4. The van der Waals surface area contributed by atoms with Gasteiger partial charge >= 0.3 is 0 Å². The van der Waals surface area contributed by atoms with Crippen molar-refractivity contribution in [3.05, 3.63) is 35.4 Å². The molecular weight excluding hydrogens is 296 g/mol. The van der Waals surface area contributed by atoms with E-state index in [9.17, 15) is 18.4 Å². The lowest BCUT2D eigenvalue weighted by molar-refractivity contribution is -0.127. The van der Waals surface area contributed by atoms with Crippen LogP contribution >= 0.6 is 11.8 Å². The molecule has 0 spiro atoms. The number of likely N-dealkylation sites (tertiary alicyclic amines) is 1. The first-order valence-electron chi connectivity index (χ1n) is 6.80. The van der Waals surface area contributed by atoms with Crippen LogP contribution in [-0.4, -0.2) is 34.8 Å². The highest BCUT2D eigenvalue weighted by Crippen LogP contribution is 2.22. The van der Waals surface area contributed by atoms with E-state index in [4.69, 9.17) is 0 Å².